The van der Waals surface area contributed by atoms with Gasteiger partial charge in [-0.15, -0.1) is 11.8 Å². The van der Waals surface area contributed by atoms with Crippen molar-refractivity contribution in [2.45, 2.75) is 29.6 Å². The molecule has 4 rings (SSSR count). The maximum atomic E-state index is 12.5. The minimum Gasteiger partial charge on any atom is -0.452 e. The Labute approximate surface area is 178 Å². The summed E-state index contributed by atoms with van der Waals surface area (Å²) in [5, 5.41) is 6.92. The average molecular weight is 420 g/mol. The SMILES string of the molecule is CC(OC(=O)CC1Sc2ccccc2NC1=O)C(=O)Nc1cccc2ccccc12. The average Bonchev–Trinajstić information content (AvgIpc) is 2.74. The Hall–Kier alpha value is -3.32. The molecule has 3 aromatic rings. The molecule has 0 bridgehead atoms. The van der Waals surface area contributed by atoms with Gasteiger partial charge in [0, 0.05) is 16.0 Å². The molecular formula is C23H20N2O4S. The van der Waals surface area contributed by atoms with Gasteiger partial charge in [-0.1, -0.05) is 48.5 Å². The Morgan fingerprint density at radius 2 is 1.80 bits per heavy atom. The molecule has 2 amide bonds. The molecule has 0 aromatic heterocycles. The van der Waals surface area contributed by atoms with E-state index in [9.17, 15) is 14.4 Å². The van der Waals surface area contributed by atoms with Crippen LogP contribution in [0.4, 0.5) is 11.4 Å². The molecule has 2 N–H and O–H groups in total. The summed E-state index contributed by atoms with van der Waals surface area (Å²) in [4.78, 5) is 38.1. The molecule has 2 atom stereocenters. The first-order chi connectivity index (χ1) is 14.5. The third-order valence-electron chi connectivity index (χ3n) is 4.78. The number of anilines is 2. The number of fused-ring (bicyclic) bond motifs is 2. The molecule has 1 aliphatic heterocycles. The zero-order valence-electron chi connectivity index (χ0n) is 16.3. The van der Waals surface area contributed by atoms with E-state index in [0.717, 1.165) is 21.4 Å². The number of nitrogens with one attached hydrogen (secondary N) is 2. The van der Waals surface area contributed by atoms with Gasteiger partial charge in [-0.25, -0.2) is 0 Å². The highest BCUT2D eigenvalue weighted by atomic mass is 32.2. The molecule has 6 nitrogen and oxygen atoms in total. The quantitative estimate of drug-likeness (QED) is 0.604. The smallest absolute Gasteiger partial charge is 0.308 e. The third-order valence-corrected chi connectivity index (χ3v) is 6.06. The van der Waals surface area contributed by atoms with Crippen LogP contribution in [0.25, 0.3) is 10.8 Å². The Morgan fingerprint density at radius 1 is 1.07 bits per heavy atom. The van der Waals surface area contributed by atoms with Crippen LogP contribution >= 0.6 is 11.8 Å². The van der Waals surface area contributed by atoms with Crippen LogP contribution in [0.15, 0.2) is 71.6 Å². The second-order valence-corrected chi connectivity index (χ2v) is 8.19. The lowest BCUT2D eigenvalue weighted by molar-refractivity contribution is -0.153. The highest BCUT2D eigenvalue weighted by molar-refractivity contribution is 8.01. The summed E-state index contributed by atoms with van der Waals surface area (Å²) in [6.45, 7) is 1.52. The zero-order chi connectivity index (χ0) is 21.1. The number of benzene rings is 3. The molecule has 0 saturated carbocycles. The summed E-state index contributed by atoms with van der Waals surface area (Å²) in [6.07, 6.45) is -1.10. The van der Waals surface area contributed by atoms with Crippen molar-refractivity contribution in [3.8, 4) is 0 Å². The van der Waals surface area contributed by atoms with Gasteiger partial charge in [0.25, 0.3) is 5.91 Å². The molecule has 0 radical (unpaired) electrons. The fourth-order valence-corrected chi connectivity index (χ4v) is 4.34. The van der Waals surface area contributed by atoms with Gasteiger partial charge >= 0.3 is 5.97 Å². The number of hydrogen-bond donors (Lipinski definition) is 2. The fourth-order valence-electron chi connectivity index (χ4n) is 3.25. The van der Waals surface area contributed by atoms with Crippen molar-refractivity contribution in [1.29, 1.82) is 0 Å². The summed E-state index contributed by atoms with van der Waals surface area (Å²) >= 11 is 1.32. The van der Waals surface area contributed by atoms with Crippen molar-refractivity contribution in [2.24, 2.45) is 0 Å². The molecule has 0 aliphatic carbocycles. The van der Waals surface area contributed by atoms with Gasteiger partial charge in [-0.05, 0) is 30.5 Å². The van der Waals surface area contributed by atoms with E-state index in [4.69, 9.17) is 4.74 Å². The van der Waals surface area contributed by atoms with E-state index in [0.29, 0.717) is 5.69 Å². The van der Waals surface area contributed by atoms with Crippen LogP contribution in [0.3, 0.4) is 0 Å². The third kappa shape index (κ3) is 4.31. The molecular weight excluding hydrogens is 400 g/mol. The van der Waals surface area contributed by atoms with E-state index in [1.807, 2.05) is 60.7 Å². The highest BCUT2D eigenvalue weighted by Gasteiger charge is 2.30. The van der Waals surface area contributed by atoms with E-state index in [-0.39, 0.29) is 12.3 Å². The molecule has 0 fully saturated rings. The van der Waals surface area contributed by atoms with Gasteiger partial charge in [-0.3, -0.25) is 14.4 Å². The zero-order valence-corrected chi connectivity index (χ0v) is 17.1. The van der Waals surface area contributed by atoms with Gasteiger partial charge in [0.05, 0.1) is 17.4 Å². The number of carbonyl (C=O) groups is 3. The number of ether oxygens (including phenoxy) is 1. The highest BCUT2D eigenvalue weighted by Crippen LogP contribution is 2.36. The first-order valence-corrected chi connectivity index (χ1v) is 10.4. The number of esters is 1. The number of thioether (sulfide) groups is 1. The second kappa shape index (κ2) is 8.59. The Balaban J connectivity index is 1.36. The van der Waals surface area contributed by atoms with Gasteiger partial charge in [0.15, 0.2) is 6.10 Å². The molecule has 1 aliphatic rings. The molecule has 152 valence electrons. The van der Waals surface area contributed by atoms with Crippen LogP contribution in [-0.2, 0) is 19.1 Å². The van der Waals surface area contributed by atoms with E-state index in [1.165, 1.54) is 18.7 Å². The van der Waals surface area contributed by atoms with Crippen molar-refractivity contribution < 1.29 is 19.1 Å². The first kappa shape index (κ1) is 20.0. The maximum Gasteiger partial charge on any atom is 0.308 e. The number of rotatable bonds is 5. The first-order valence-electron chi connectivity index (χ1n) is 9.56. The fraction of sp³-hybridized carbons (Fsp3) is 0.174. The van der Waals surface area contributed by atoms with Gasteiger partial charge in [0.2, 0.25) is 5.91 Å². The molecule has 0 saturated heterocycles. The monoisotopic (exact) mass is 420 g/mol. The van der Waals surface area contributed by atoms with E-state index in [2.05, 4.69) is 10.6 Å². The predicted octanol–water partition coefficient (Wildman–Crippen LogP) is 4.21. The number of amides is 2. The van der Waals surface area contributed by atoms with E-state index < -0.39 is 23.2 Å². The summed E-state index contributed by atoms with van der Waals surface area (Å²) in [5.74, 6) is -1.27. The normalized spacial score (nSPS) is 16.3. The van der Waals surface area contributed by atoms with Gasteiger partial charge < -0.3 is 15.4 Å². The molecule has 1 heterocycles. The molecule has 7 heteroatoms. The van der Waals surface area contributed by atoms with Crippen molar-refractivity contribution in [1.82, 2.24) is 0 Å². The molecule has 0 spiro atoms. The lowest BCUT2D eigenvalue weighted by atomic mass is 10.1. The second-order valence-electron chi connectivity index (χ2n) is 6.94. The van der Waals surface area contributed by atoms with Crippen LogP contribution in [0.5, 0.6) is 0 Å². The standard InChI is InChI=1S/C23H20N2O4S/c1-14(22(27)24-17-11-6-8-15-7-2-3-9-16(15)17)29-21(26)13-20-23(28)25-18-10-4-5-12-19(18)30-20/h2-12,14,20H,13H2,1H3,(H,24,27)(H,25,28). The molecule has 3 aromatic carbocycles. The van der Waals surface area contributed by atoms with E-state index in [1.54, 1.807) is 6.07 Å². The van der Waals surface area contributed by atoms with Crippen LogP contribution in [0, 0.1) is 0 Å². The van der Waals surface area contributed by atoms with Crippen molar-refractivity contribution in [2.75, 3.05) is 10.6 Å². The van der Waals surface area contributed by atoms with Crippen LogP contribution in [0.2, 0.25) is 0 Å². The Kier molecular flexibility index (Phi) is 5.72. The van der Waals surface area contributed by atoms with Crippen LogP contribution < -0.4 is 10.6 Å². The molecule has 30 heavy (non-hydrogen) atoms. The number of para-hydroxylation sites is 1. The Morgan fingerprint density at radius 3 is 2.67 bits per heavy atom. The minimum absolute atomic E-state index is 0.114. The number of carbonyl (C=O) groups excluding carboxylic acids is 3. The lowest BCUT2D eigenvalue weighted by Gasteiger charge is -2.23. The summed E-state index contributed by atoms with van der Waals surface area (Å²) < 4.78 is 5.29. The maximum absolute atomic E-state index is 12.5. The van der Waals surface area contributed by atoms with Crippen molar-refractivity contribution in [3.05, 3.63) is 66.7 Å². The summed E-state index contributed by atoms with van der Waals surface area (Å²) in [5.41, 5.74) is 1.39. The summed E-state index contributed by atoms with van der Waals surface area (Å²) in [6, 6.07) is 20.7. The topological polar surface area (TPSA) is 84.5 Å². The predicted molar refractivity (Wildman–Crippen MR) is 117 cm³/mol. The van der Waals surface area contributed by atoms with Crippen molar-refractivity contribution in [3.63, 3.8) is 0 Å². The van der Waals surface area contributed by atoms with Crippen LogP contribution in [-0.4, -0.2) is 29.1 Å². The lowest BCUT2D eigenvalue weighted by Crippen LogP contribution is -2.34. The molecule has 2 unspecified atom stereocenters. The minimum atomic E-state index is -0.986. The largest absolute Gasteiger partial charge is 0.452 e. The number of hydrogen-bond acceptors (Lipinski definition) is 5. The van der Waals surface area contributed by atoms with Crippen LogP contribution in [0.1, 0.15) is 13.3 Å². The van der Waals surface area contributed by atoms with Gasteiger partial charge in [0.1, 0.15) is 0 Å². The van der Waals surface area contributed by atoms with Gasteiger partial charge in [-0.2, -0.15) is 0 Å². The van der Waals surface area contributed by atoms with E-state index >= 15 is 0 Å². The van der Waals surface area contributed by atoms with Crippen molar-refractivity contribution >= 4 is 51.7 Å². The summed E-state index contributed by atoms with van der Waals surface area (Å²) in [7, 11) is 0. The Bertz CT molecular complexity index is 1130.